The number of hydrogen-bond donors (Lipinski definition) is 4. The van der Waals surface area contributed by atoms with Gasteiger partial charge in [0.25, 0.3) is 0 Å². The van der Waals surface area contributed by atoms with Crippen LogP contribution in [0.25, 0.3) is 11.0 Å². The van der Waals surface area contributed by atoms with Crippen LogP contribution in [0.3, 0.4) is 0 Å². The van der Waals surface area contributed by atoms with E-state index in [2.05, 4.69) is 20.8 Å². The summed E-state index contributed by atoms with van der Waals surface area (Å²) in [6.07, 6.45) is 2.46. The summed E-state index contributed by atoms with van der Waals surface area (Å²) in [7, 11) is 0. The van der Waals surface area contributed by atoms with Gasteiger partial charge in [0.05, 0.1) is 36.7 Å². The number of benzene rings is 1. The first kappa shape index (κ1) is 23.5. The van der Waals surface area contributed by atoms with Crippen LogP contribution in [0.15, 0.2) is 16.7 Å². The molecule has 4 N–H and O–H groups in total. The Kier molecular flexibility index (Phi) is 6.58. The highest BCUT2D eigenvalue weighted by molar-refractivity contribution is 5.87. The zero-order chi connectivity index (χ0) is 23.2. The molecular formula is C25H36O7. The molecule has 2 aliphatic rings. The van der Waals surface area contributed by atoms with Gasteiger partial charge >= 0.3 is 0 Å². The van der Waals surface area contributed by atoms with E-state index in [4.69, 9.17) is 13.9 Å². The number of phenols is 1. The number of aliphatic hydroxyl groups is 3. The van der Waals surface area contributed by atoms with Crippen molar-refractivity contribution in [3.63, 3.8) is 0 Å². The quantitative estimate of drug-likeness (QED) is 0.455. The molecule has 1 spiro atoms. The van der Waals surface area contributed by atoms with Crippen molar-refractivity contribution in [1.82, 2.24) is 0 Å². The number of rotatable bonds is 8. The van der Waals surface area contributed by atoms with Crippen molar-refractivity contribution in [3.05, 3.63) is 29.0 Å². The second kappa shape index (κ2) is 8.95. The lowest BCUT2D eigenvalue weighted by molar-refractivity contribution is -0.236. The second-order valence-electron chi connectivity index (χ2n) is 9.73. The minimum atomic E-state index is -1.19. The molecule has 178 valence electrons. The lowest BCUT2D eigenvalue weighted by Gasteiger charge is -2.39. The molecule has 5 unspecified atom stereocenters. The Morgan fingerprint density at radius 3 is 2.53 bits per heavy atom. The van der Waals surface area contributed by atoms with Gasteiger partial charge < -0.3 is 34.3 Å². The van der Waals surface area contributed by atoms with E-state index in [1.54, 1.807) is 6.26 Å². The lowest BCUT2D eigenvalue weighted by atomic mass is 9.80. The van der Waals surface area contributed by atoms with Gasteiger partial charge in [-0.3, -0.25) is 0 Å². The lowest BCUT2D eigenvalue weighted by Crippen LogP contribution is -2.53. The SMILES string of the molecule is CCCC(c1coc2c(CO)c(O)c(CC(C)C)cc12)C1CC(O)C2(OC2CC)[C@H](O)O1. The highest BCUT2D eigenvalue weighted by Gasteiger charge is 2.68. The maximum atomic E-state index is 10.9. The van der Waals surface area contributed by atoms with Gasteiger partial charge in [-0.15, -0.1) is 0 Å². The fourth-order valence-corrected chi connectivity index (χ4v) is 5.47. The maximum Gasteiger partial charge on any atom is 0.189 e. The highest BCUT2D eigenvalue weighted by Crippen LogP contribution is 2.51. The number of aromatic hydroxyl groups is 1. The molecule has 0 amide bonds. The monoisotopic (exact) mass is 448 g/mol. The van der Waals surface area contributed by atoms with E-state index in [0.29, 0.717) is 36.3 Å². The normalized spacial score (nSPS) is 31.0. The third kappa shape index (κ3) is 3.74. The average Bonchev–Trinajstić information content (AvgIpc) is 3.36. The molecule has 6 atom stereocenters. The molecule has 1 aromatic carbocycles. The van der Waals surface area contributed by atoms with Crippen LogP contribution in [-0.4, -0.2) is 50.6 Å². The van der Waals surface area contributed by atoms with Crippen LogP contribution in [0.2, 0.25) is 0 Å². The molecule has 7 heteroatoms. The number of aliphatic hydroxyl groups excluding tert-OH is 3. The second-order valence-corrected chi connectivity index (χ2v) is 9.73. The minimum absolute atomic E-state index is 0.0832. The van der Waals surface area contributed by atoms with Crippen molar-refractivity contribution in [2.75, 3.05) is 0 Å². The summed E-state index contributed by atoms with van der Waals surface area (Å²) in [6, 6.07) is 1.94. The Morgan fingerprint density at radius 2 is 1.97 bits per heavy atom. The van der Waals surface area contributed by atoms with Crippen molar-refractivity contribution in [3.8, 4) is 5.75 Å². The molecule has 3 heterocycles. The Labute approximate surface area is 189 Å². The number of epoxide rings is 1. The van der Waals surface area contributed by atoms with E-state index in [-0.39, 0.29) is 24.4 Å². The van der Waals surface area contributed by atoms with E-state index in [9.17, 15) is 20.4 Å². The standard InChI is InChI=1S/C25H36O7/c1-5-7-15(19-10-20(27)25(24(29)31-19)21(6-2)32-25)18-12-30-23-16(18)9-14(8-13(3)4)22(28)17(23)11-26/h9,12-13,15,19-21,24,26-29H,5-8,10-11H2,1-4H3/t15?,19?,20?,21?,24-,25?/m1/s1. The van der Waals surface area contributed by atoms with Crippen molar-refractivity contribution < 1.29 is 34.3 Å². The molecule has 4 rings (SSSR count). The predicted octanol–water partition coefficient (Wildman–Crippen LogP) is 3.73. The van der Waals surface area contributed by atoms with E-state index >= 15 is 0 Å². The first-order valence-electron chi connectivity index (χ1n) is 11.8. The van der Waals surface area contributed by atoms with Gasteiger partial charge in [-0.1, -0.05) is 34.1 Å². The van der Waals surface area contributed by atoms with Gasteiger partial charge in [-0.2, -0.15) is 0 Å². The molecule has 0 saturated carbocycles. The first-order chi connectivity index (χ1) is 15.3. The molecule has 0 bridgehead atoms. The fraction of sp³-hybridized carbons (Fsp3) is 0.680. The van der Waals surface area contributed by atoms with Crippen LogP contribution in [0.4, 0.5) is 0 Å². The van der Waals surface area contributed by atoms with Crippen molar-refractivity contribution in [1.29, 1.82) is 0 Å². The molecule has 32 heavy (non-hydrogen) atoms. The largest absolute Gasteiger partial charge is 0.507 e. The molecule has 2 saturated heterocycles. The smallest absolute Gasteiger partial charge is 0.189 e. The number of fused-ring (bicyclic) bond motifs is 1. The summed E-state index contributed by atoms with van der Waals surface area (Å²) in [5.74, 6) is 0.296. The number of hydrogen-bond acceptors (Lipinski definition) is 7. The molecule has 2 aliphatic heterocycles. The Hall–Kier alpha value is -1.64. The van der Waals surface area contributed by atoms with Gasteiger partial charge in [0, 0.05) is 23.3 Å². The van der Waals surface area contributed by atoms with E-state index in [0.717, 1.165) is 29.4 Å². The van der Waals surface area contributed by atoms with Gasteiger partial charge in [-0.25, -0.2) is 0 Å². The van der Waals surface area contributed by atoms with Gasteiger partial charge in [0.1, 0.15) is 11.3 Å². The van der Waals surface area contributed by atoms with Gasteiger partial charge in [0.2, 0.25) is 0 Å². The Morgan fingerprint density at radius 1 is 1.22 bits per heavy atom. The van der Waals surface area contributed by atoms with Crippen molar-refractivity contribution in [2.24, 2.45) is 5.92 Å². The van der Waals surface area contributed by atoms with Crippen LogP contribution < -0.4 is 0 Å². The van der Waals surface area contributed by atoms with Crippen LogP contribution in [0.1, 0.15) is 76.0 Å². The van der Waals surface area contributed by atoms with Crippen LogP contribution in [0, 0.1) is 5.92 Å². The van der Waals surface area contributed by atoms with Crippen molar-refractivity contribution >= 4 is 11.0 Å². The van der Waals surface area contributed by atoms with E-state index in [1.807, 2.05) is 13.0 Å². The van der Waals surface area contributed by atoms with Gasteiger partial charge in [0.15, 0.2) is 11.9 Å². The molecule has 0 radical (unpaired) electrons. The predicted molar refractivity (Wildman–Crippen MR) is 119 cm³/mol. The van der Waals surface area contributed by atoms with Crippen LogP contribution in [-0.2, 0) is 22.5 Å². The fourth-order valence-electron chi connectivity index (χ4n) is 5.47. The summed E-state index contributed by atoms with van der Waals surface area (Å²) in [5, 5.41) is 43.1. The van der Waals surface area contributed by atoms with Crippen LogP contribution >= 0.6 is 0 Å². The first-order valence-corrected chi connectivity index (χ1v) is 11.8. The van der Waals surface area contributed by atoms with Gasteiger partial charge in [-0.05, 0) is 36.8 Å². The van der Waals surface area contributed by atoms with Crippen molar-refractivity contribution in [2.45, 2.75) is 103 Å². The summed E-state index contributed by atoms with van der Waals surface area (Å²) in [5.41, 5.74) is 1.53. The zero-order valence-electron chi connectivity index (χ0n) is 19.4. The van der Waals surface area contributed by atoms with E-state index < -0.39 is 24.1 Å². The summed E-state index contributed by atoms with van der Waals surface area (Å²) >= 11 is 0. The highest BCUT2D eigenvalue weighted by atomic mass is 16.7. The summed E-state index contributed by atoms with van der Waals surface area (Å²) in [4.78, 5) is 0. The molecule has 7 nitrogen and oxygen atoms in total. The minimum Gasteiger partial charge on any atom is -0.507 e. The third-order valence-corrected chi connectivity index (χ3v) is 7.11. The molecule has 2 fully saturated rings. The number of furan rings is 1. The Bertz CT molecular complexity index is 937. The molecular weight excluding hydrogens is 412 g/mol. The van der Waals surface area contributed by atoms with Crippen LogP contribution in [0.5, 0.6) is 5.75 Å². The molecule has 2 aromatic rings. The maximum absolute atomic E-state index is 10.9. The topological polar surface area (TPSA) is 116 Å². The zero-order valence-corrected chi connectivity index (χ0v) is 19.4. The molecule has 1 aromatic heterocycles. The Balaban J connectivity index is 1.72. The summed E-state index contributed by atoms with van der Waals surface area (Å²) in [6.45, 7) is 7.88. The number of ether oxygens (including phenoxy) is 2. The summed E-state index contributed by atoms with van der Waals surface area (Å²) < 4.78 is 17.6. The third-order valence-electron chi connectivity index (χ3n) is 7.11. The average molecular weight is 449 g/mol. The molecule has 0 aliphatic carbocycles. The van der Waals surface area contributed by atoms with E-state index in [1.165, 1.54) is 0 Å².